The van der Waals surface area contributed by atoms with Gasteiger partial charge in [-0.2, -0.15) is 5.10 Å². The lowest BCUT2D eigenvalue weighted by molar-refractivity contribution is 0.175. The molecule has 2 N–H and O–H groups in total. The van der Waals surface area contributed by atoms with Crippen LogP contribution < -0.4 is 9.62 Å². The van der Waals surface area contributed by atoms with E-state index in [1.165, 1.54) is 5.56 Å². The molecule has 0 saturated carbocycles. The van der Waals surface area contributed by atoms with Gasteiger partial charge in [-0.3, -0.25) is 4.98 Å². The van der Waals surface area contributed by atoms with Crippen LogP contribution in [0.4, 0.5) is 5.82 Å². The Morgan fingerprint density at radius 2 is 2.06 bits per heavy atom. The molecule has 4 heterocycles. The van der Waals surface area contributed by atoms with Crippen molar-refractivity contribution in [2.45, 2.75) is 64.4 Å². The predicted octanol–water partition coefficient (Wildman–Crippen LogP) is 3.62. The summed E-state index contributed by atoms with van der Waals surface area (Å²) in [5.74, 6) is 0.888. The number of anilines is 1. The summed E-state index contributed by atoms with van der Waals surface area (Å²) in [6.07, 6.45) is 4.62. The molecule has 1 aliphatic carbocycles. The van der Waals surface area contributed by atoms with E-state index in [1.807, 2.05) is 50.5 Å². The molecule has 1 spiro atoms. The molecule has 8 nitrogen and oxygen atoms in total. The quantitative estimate of drug-likeness (QED) is 0.481. The molecule has 5 rings (SSSR count). The van der Waals surface area contributed by atoms with Gasteiger partial charge in [-0.15, -0.1) is 4.72 Å². The van der Waals surface area contributed by atoms with E-state index in [9.17, 15) is 9.66 Å². The normalized spacial score (nSPS) is 20.8. The van der Waals surface area contributed by atoms with E-state index in [4.69, 9.17) is 4.98 Å². The van der Waals surface area contributed by atoms with Crippen molar-refractivity contribution in [2.24, 2.45) is 5.41 Å². The summed E-state index contributed by atoms with van der Waals surface area (Å²) in [4.78, 5) is 11.9. The van der Waals surface area contributed by atoms with E-state index in [0.29, 0.717) is 5.69 Å². The maximum atomic E-state index is 13.1. The van der Waals surface area contributed by atoms with Crippen molar-refractivity contribution >= 4 is 38.6 Å². The molecular formula is C24H31BrN6O2S. The number of nitrogens with zero attached hydrogens (tertiary/aromatic N) is 5. The summed E-state index contributed by atoms with van der Waals surface area (Å²) >= 11 is 2.41. The topological polar surface area (TPSA) is 102 Å². The minimum absolute atomic E-state index is 0.00833. The lowest BCUT2D eigenvalue weighted by Crippen LogP contribution is -2.50. The summed E-state index contributed by atoms with van der Waals surface area (Å²) < 4.78 is 18.9. The number of piperidine rings is 1. The maximum absolute atomic E-state index is 13.1. The number of fused-ring (bicyclic) bond motifs is 2. The first-order chi connectivity index (χ1) is 16.1. The second-order valence-corrected chi connectivity index (χ2v) is 13.1. The van der Waals surface area contributed by atoms with Crippen molar-refractivity contribution in [2.75, 3.05) is 18.0 Å². The monoisotopic (exact) mass is 546 g/mol. The summed E-state index contributed by atoms with van der Waals surface area (Å²) in [7, 11) is 0. The van der Waals surface area contributed by atoms with Crippen LogP contribution in [0.5, 0.6) is 0 Å². The van der Waals surface area contributed by atoms with E-state index in [-0.39, 0.29) is 22.8 Å². The number of nitrogens with one attached hydrogen (secondary N) is 1. The average Bonchev–Trinajstić information content (AvgIpc) is 3.37. The van der Waals surface area contributed by atoms with Gasteiger partial charge in [0.1, 0.15) is 14.9 Å². The molecule has 0 amide bonds. The lowest BCUT2D eigenvalue weighted by Gasteiger charge is -2.44. The van der Waals surface area contributed by atoms with Crippen molar-refractivity contribution in [1.82, 2.24) is 24.3 Å². The van der Waals surface area contributed by atoms with Crippen LogP contribution >= 0.6 is 15.9 Å². The number of rotatable bonds is 4. The SMILES string of the molecule is Cc1nc(N2CCC3(CC2)Cc2ncccc2[C@H]3N[S@+]([O-])C(C)(C)C)c2cc(CO)nn2c1Br. The Hall–Kier alpha value is -1.72. The average molecular weight is 548 g/mol. The number of hydrogen-bond acceptors (Lipinski definition) is 7. The molecule has 3 aromatic heterocycles. The van der Waals surface area contributed by atoms with Crippen LogP contribution in [-0.4, -0.2) is 47.1 Å². The molecule has 0 aromatic carbocycles. The van der Waals surface area contributed by atoms with Crippen molar-refractivity contribution in [3.05, 3.63) is 51.6 Å². The highest BCUT2D eigenvalue weighted by Gasteiger charge is 2.51. The molecule has 3 aromatic rings. The molecule has 1 saturated heterocycles. The van der Waals surface area contributed by atoms with Crippen molar-refractivity contribution in [3.63, 3.8) is 0 Å². The third-order valence-corrected chi connectivity index (χ3v) is 9.59. The van der Waals surface area contributed by atoms with Gasteiger partial charge >= 0.3 is 0 Å². The van der Waals surface area contributed by atoms with Crippen LogP contribution in [0, 0.1) is 12.3 Å². The van der Waals surface area contributed by atoms with Gasteiger partial charge in [0.15, 0.2) is 5.82 Å². The summed E-state index contributed by atoms with van der Waals surface area (Å²) in [6, 6.07) is 6.02. The van der Waals surface area contributed by atoms with Gasteiger partial charge in [-0.05, 0) is 80.6 Å². The standard InChI is InChI=1S/C24H31BrN6O2S/c1-15-21(25)31-19(12-16(14-32)28-31)22(27-15)30-10-7-24(8-11-30)13-18-17(6-5-9-26-18)20(24)29-34(33)23(2,3)4/h5-6,9,12,20,29,32H,7-8,10-11,13-14H2,1-4H3/t20-,34-/m1/s1. The number of aryl methyl sites for hydroxylation is 1. The Bertz CT molecular complexity index is 1220. The van der Waals surface area contributed by atoms with Crippen LogP contribution in [0.1, 0.15) is 62.3 Å². The molecule has 2 atom stereocenters. The van der Waals surface area contributed by atoms with Gasteiger partial charge in [0.25, 0.3) is 0 Å². The summed E-state index contributed by atoms with van der Waals surface area (Å²) in [5.41, 5.74) is 4.62. The third kappa shape index (κ3) is 4.03. The molecule has 182 valence electrons. The highest BCUT2D eigenvalue weighted by atomic mass is 79.9. The molecule has 2 aliphatic rings. The maximum Gasteiger partial charge on any atom is 0.155 e. The van der Waals surface area contributed by atoms with Crippen molar-refractivity contribution in [1.29, 1.82) is 0 Å². The van der Waals surface area contributed by atoms with Crippen molar-refractivity contribution < 1.29 is 9.66 Å². The van der Waals surface area contributed by atoms with Crippen LogP contribution in [0.3, 0.4) is 0 Å². The first-order valence-corrected chi connectivity index (χ1v) is 13.6. The van der Waals surface area contributed by atoms with Gasteiger partial charge < -0.3 is 14.6 Å². The first kappa shape index (κ1) is 24.0. The van der Waals surface area contributed by atoms with E-state index in [1.54, 1.807) is 0 Å². The molecule has 0 radical (unpaired) electrons. The second kappa shape index (κ2) is 8.74. The second-order valence-electron chi connectivity index (χ2n) is 10.4. The zero-order valence-electron chi connectivity index (χ0n) is 20.0. The fourth-order valence-electron chi connectivity index (χ4n) is 5.19. The van der Waals surface area contributed by atoms with Crippen LogP contribution in [-0.2, 0) is 24.4 Å². The smallest absolute Gasteiger partial charge is 0.155 e. The Morgan fingerprint density at radius 3 is 2.74 bits per heavy atom. The molecule has 0 unspecified atom stereocenters. The molecule has 0 bridgehead atoms. The zero-order valence-corrected chi connectivity index (χ0v) is 22.4. The molecule has 1 fully saturated rings. The minimum Gasteiger partial charge on any atom is -0.598 e. The van der Waals surface area contributed by atoms with E-state index in [2.05, 4.69) is 41.7 Å². The molecular weight excluding hydrogens is 516 g/mol. The fourth-order valence-corrected chi connectivity index (χ4v) is 6.50. The predicted molar refractivity (Wildman–Crippen MR) is 137 cm³/mol. The number of hydrogen-bond donors (Lipinski definition) is 2. The Labute approximate surface area is 211 Å². The Kier molecular flexibility index (Phi) is 6.17. The van der Waals surface area contributed by atoms with Gasteiger partial charge in [-0.25, -0.2) is 9.50 Å². The number of aromatic nitrogens is 4. The van der Waals surface area contributed by atoms with Crippen molar-refractivity contribution in [3.8, 4) is 0 Å². The minimum atomic E-state index is -1.17. The third-order valence-electron chi connectivity index (χ3n) is 7.12. The Morgan fingerprint density at radius 1 is 1.32 bits per heavy atom. The number of aliphatic hydroxyl groups excluding tert-OH is 1. The highest BCUT2D eigenvalue weighted by Crippen LogP contribution is 2.52. The zero-order chi connectivity index (χ0) is 24.3. The van der Waals surface area contributed by atoms with Crippen LogP contribution in [0.25, 0.3) is 5.52 Å². The van der Waals surface area contributed by atoms with Gasteiger partial charge in [0, 0.05) is 41.8 Å². The van der Waals surface area contributed by atoms with Crippen LogP contribution in [0.2, 0.25) is 0 Å². The van der Waals surface area contributed by atoms with E-state index < -0.39 is 11.4 Å². The van der Waals surface area contributed by atoms with Gasteiger partial charge in [0.2, 0.25) is 0 Å². The van der Waals surface area contributed by atoms with Crippen LogP contribution in [0.15, 0.2) is 29.0 Å². The highest BCUT2D eigenvalue weighted by molar-refractivity contribution is 9.10. The fraction of sp³-hybridized carbons (Fsp3) is 0.542. The number of aliphatic hydroxyl groups is 1. The molecule has 34 heavy (non-hydrogen) atoms. The van der Waals surface area contributed by atoms with E-state index in [0.717, 1.165) is 59.7 Å². The first-order valence-electron chi connectivity index (χ1n) is 11.7. The van der Waals surface area contributed by atoms with E-state index >= 15 is 0 Å². The van der Waals surface area contributed by atoms with Gasteiger partial charge in [0.05, 0.1) is 24.0 Å². The largest absolute Gasteiger partial charge is 0.598 e. The summed E-state index contributed by atoms with van der Waals surface area (Å²) in [6.45, 7) is 9.52. The van der Waals surface area contributed by atoms with Gasteiger partial charge in [-0.1, -0.05) is 6.07 Å². The Balaban J connectivity index is 1.45. The lowest BCUT2D eigenvalue weighted by atomic mass is 9.73. The number of halogens is 1. The number of pyridine rings is 1. The summed E-state index contributed by atoms with van der Waals surface area (Å²) in [5, 5.41) is 14.1. The molecule has 1 aliphatic heterocycles. The molecule has 10 heteroatoms.